The fourth-order valence-corrected chi connectivity index (χ4v) is 2.92. The molecule has 1 aliphatic carbocycles. The van der Waals surface area contributed by atoms with Gasteiger partial charge in [-0.15, -0.1) is 0 Å². The zero-order valence-electron chi connectivity index (χ0n) is 9.93. The fourth-order valence-electron chi connectivity index (χ4n) is 2.00. The summed E-state index contributed by atoms with van der Waals surface area (Å²) >= 11 is 1.91. The van der Waals surface area contributed by atoms with Gasteiger partial charge in [-0.1, -0.05) is 12.8 Å². The maximum absolute atomic E-state index is 11.6. The van der Waals surface area contributed by atoms with Crippen LogP contribution in [-0.4, -0.2) is 36.5 Å². The van der Waals surface area contributed by atoms with Crippen LogP contribution < -0.4 is 10.6 Å². The van der Waals surface area contributed by atoms with Crippen molar-refractivity contribution in [1.82, 2.24) is 10.6 Å². The highest BCUT2D eigenvalue weighted by molar-refractivity contribution is 8.00. The summed E-state index contributed by atoms with van der Waals surface area (Å²) in [5.41, 5.74) is 0. The van der Waals surface area contributed by atoms with Gasteiger partial charge >= 0.3 is 0 Å². The van der Waals surface area contributed by atoms with Crippen molar-refractivity contribution in [1.29, 1.82) is 0 Å². The number of carbonyl (C=O) groups excluding carboxylic acids is 1. The lowest BCUT2D eigenvalue weighted by Crippen LogP contribution is -2.45. The monoisotopic (exact) mass is 230 g/mol. The van der Waals surface area contributed by atoms with Crippen LogP contribution in [0.25, 0.3) is 0 Å². The molecule has 0 radical (unpaired) electrons. The van der Waals surface area contributed by atoms with Gasteiger partial charge in [-0.2, -0.15) is 11.8 Å². The number of rotatable bonds is 5. The van der Waals surface area contributed by atoms with Crippen molar-refractivity contribution in [3.05, 3.63) is 0 Å². The van der Waals surface area contributed by atoms with Gasteiger partial charge in [0.2, 0.25) is 5.91 Å². The second-order valence-electron chi connectivity index (χ2n) is 4.32. The van der Waals surface area contributed by atoms with Gasteiger partial charge in [0, 0.05) is 11.3 Å². The smallest absolute Gasteiger partial charge is 0.236 e. The van der Waals surface area contributed by atoms with E-state index >= 15 is 0 Å². The molecular formula is C11H22N2OS. The number of hydrogen-bond donors (Lipinski definition) is 2. The van der Waals surface area contributed by atoms with Crippen molar-refractivity contribution in [2.45, 2.75) is 43.4 Å². The molecule has 2 N–H and O–H groups in total. The minimum atomic E-state index is -0.0923. The van der Waals surface area contributed by atoms with Crippen LogP contribution in [0.5, 0.6) is 0 Å². The summed E-state index contributed by atoms with van der Waals surface area (Å²) in [4.78, 5) is 11.6. The first-order valence-electron chi connectivity index (χ1n) is 5.64. The van der Waals surface area contributed by atoms with Gasteiger partial charge < -0.3 is 10.6 Å². The van der Waals surface area contributed by atoms with Gasteiger partial charge in [-0.05, 0) is 33.1 Å². The molecule has 88 valence electrons. The van der Waals surface area contributed by atoms with Crippen LogP contribution >= 0.6 is 11.8 Å². The summed E-state index contributed by atoms with van der Waals surface area (Å²) < 4.78 is 0.309. The van der Waals surface area contributed by atoms with Crippen molar-refractivity contribution < 1.29 is 4.79 Å². The molecule has 0 aromatic carbocycles. The van der Waals surface area contributed by atoms with Crippen molar-refractivity contribution >= 4 is 17.7 Å². The highest BCUT2D eigenvalue weighted by Crippen LogP contribution is 2.39. The lowest BCUT2D eigenvalue weighted by Gasteiger charge is -2.27. The topological polar surface area (TPSA) is 41.1 Å². The van der Waals surface area contributed by atoms with Gasteiger partial charge in [-0.3, -0.25) is 4.79 Å². The van der Waals surface area contributed by atoms with Crippen LogP contribution in [0.2, 0.25) is 0 Å². The number of likely N-dealkylation sites (N-methyl/N-ethyl adjacent to an activating group) is 1. The Morgan fingerprint density at radius 2 is 2.07 bits per heavy atom. The standard InChI is InChI=1S/C11H22N2OS/c1-9(12-2)10(14)13-8-11(15-3)6-4-5-7-11/h9,12H,4-8H2,1-3H3,(H,13,14). The number of thioether (sulfide) groups is 1. The molecule has 1 fully saturated rings. The van der Waals surface area contributed by atoms with Gasteiger partial charge in [-0.25, -0.2) is 0 Å². The first-order chi connectivity index (χ1) is 7.13. The van der Waals surface area contributed by atoms with E-state index in [4.69, 9.17) is 0 Å². The Bertz CT molecular complexity index is 215. The summed E-state index contributed by atoms with van der Waals surface area (Å²) in [5, 5.41) is 6.00. The molecule has 1 rings (SSSR count). The Morgan fingerprint density at radius 3 is 2.53 bits per heavy atom. The first-order valence-corrected chi connectivity index (χ1v) is 6.86. The van der Waals surface area contributed by atoms with Gasteiger partial charge in [0.25, 0.3) is 0 Å². The van der Waals surface area contributed by atoms with Gasteiger partial charge in [0.05, 0.1) is 6.04 Å². The molecule has 0 aromatic heterocycles. The Balaban J connectivity index is 2.37. The predicted octanol–water partition coefficient (Wildman–Crippen LogP) is 1.39. The van der Waals surface area contributed by atoms with Crippen molar-refractivity contribution in [2.75, 3.05) is 19.8 Å². The van der Waals surface area contributed by atoms with Crippen LogP contribution in [0.1, 0.15) is 32.6 Å². The Hall–Kier alpha value is -0.220. The fraction of sp³-hybridized carbons (Fsp3) is 0.909. The van der Waals surface area contributed by atoms with Crippen LogP contribution in [0, 0.1) is 0 Å². The maximum atomic E-state index is 11.6. The molecule has 1 atom stereocenters. The average Bonchev–Trinajstić information content (AvgIpc) is 2.74. The van der Waals surface area contributed by atoms with Crippen molar-refractivity contribution in [3.63, 3.8) is 0 Å². The second kappa shape index (κ2) is 5.75. The molecule has 3 nitrogen and oxygen atoms in total. The summed E-state index contributed by atoms with van der Waals surface area (Å²) in [7, 11) is 1.81. The van der Waals surface area contributed by atoms with Crippen LogP contribution in [0.15, 0.2) is 0 Å². The maximum Gasteiger partial charge on any atom is 0.236 e. The molecule has 1 amide bonds. The normalized spacial score (nSPS) is 21.3. The van der Waals surface area contributed by atoms with Crippen LogP contribution in [-0.2, 0) is 4.79 Å². The lowest BCUT2D eigenvalue weighted by molar-refractivity contribution is -0.122. The molecule has 0 heterocycles. The Labute approximate surface area is 96.8 Å². The third-order valence-corrected chi connectivity index (χ3v) is 4.78. The molecule has 0 saturated heterocycles. The van der Waals surface area contributed by atoms with E-state index in [0.29, 0.717) is 4.75 Å². The van der Waals surface area contributed by atoms with Gasteiger partial charge in [0.1, 0.15) is 0 Å². The summed E-state index contributed by atoms with van der Waals surface area (Å²) in [6.07, 6.45) is 7.24. The quantitative estimate of drug-likeness (QED) is 0.750. The van der Waals surface area contributed by atoms with E-state index in [9.17, 15) is 4.79 Å². The molecule has 1 aliphatic rings. The number of carbonyl (C=O) groups is 1. The molecule has 0 aromatic rings. The van der Waals surface area contributed by atoms with Gasteiger partial charge in [0.15, 0.2) is 0 Å². The highest BCUT2D eigenvalue weighted by Gasteiger charge is 2.33. The SMILES string of the molecule is CNC(C)C(=O)NCC1(SC)CCCC1. The van der Waals surface area contributed by atoms with E-state index < -0.39 is 0 Å². The summed E-state index contributed by atoms with van der Waals surface area (Å²) in [5.74, 6) is 0.109. The summed E-state index contributed by atoms with van der Waals surface area (Å²) in [6, 6.07) is -0.0923. The Morgan fingerprint density at radius 1 is 1.47 bits per heavy atom. The minimum absolute atomic E-state index is 0.0923. The highest BCUT2D eigenvalue weighted by atomic mass is 32.2. The second-order valence-corrected chi connectivity index (χ2v) is 5.60. The number of hydrogen-bond acceptors (Lipinski definition) is 3. The molecular weight excluding hydrogens is 208 g/mol. The third-order valence-electron chi connectivity index (χ3n) is 3.36. The molecule has 0 spiro atoms. The first kappa shape index (κ1) is 12.8. The Kier molecular flexibility index (Phi) is 4.93. The van der Waals surface area contributed by atoms with Crippen LogP contribution in [0.4, 0.5) is 0 Å². The number of nitrogens with one attached hydrogen (secondary N) is 2. The zero-order chi connectivity index (χ0) is 11.3. The van der Waals surface area contributed by atoms with Crippen LogP contribution in [0.3, 0.4) is 0 Å². The van der Waals surface area contributed by atoms with E-state index in [1.807, 2.05) is 25.7 Å². The molecule has 1 saturated carbocycles. The van der Waals surface area contributed by atoms with E-state index in [0.717, 1.165) is 6.54 Å². The lowest BCUT2D eigenvalue weighted by atomic mass is 10.1. The number of amides is 1. The minimum Gasteiger partial charge on any atom is -0.353 e. The van der Waals surface area contributed by atoms with E-state index in [1.165, 1.54) is 25.7 Å². The molecule has 15 heavy (non-hydrogen) atoms. The van der Waals surface area contributed by atoms with E-state index in [1.54, 1.807) is 0 Å². The van der Waals surface area contributed by atoms with E-state index in [2.05, 4.69) is 16.9 Å². The van der Waals surface area contributed by atoms with Crippen molar-refractivity contribution in [3.8, 4) is 0 Å². The molecule has 0 aliphatic heterocycles. The molecule has 1 unspecified atom stereocenters. The average molecular weight is 230 g/mol. The predicted molar refractivity (Wildman–Crippen MR) is 66.2 cm³/mol. The third kappa shape index (κ3) is 3.38. The molecule has 0 bridgehead atoms. The van der Waals surface area contributed by atoms with Crippen molar-refractivity contribution in [2.24, 2.45) is 0 Å². The van der Waals surface area contributed by atoms with E-state index in [-0.39, 0.29) is 11.9 Å². The molecule has 4 heteroatoms. The largest absolute Gasteiger partial charge is 0.353 e. The zero-order valence-corrected chi connectivity index (χ0v) is 10.7. The summed E-state index contributed by atoms with van der Waals surface area (Å²) in [6.45, 7) is 2.70.